The summed E-state index contributed by atoms with van der Waals surface area (Å²) in [4.78, 5) is 4.54. The van der Waals surface area contributed by atoms with E-state index in [9.17, 15) is 8.42 Å². The van der Waals surface area contributed by atoms with Crippen LogP contribution in [0.5, 0.6) is 0 Å². The van der Waals surface area contributed by atoms with E-state index in [4.69, 9.17) is 4.42 Å². The van der Waals surface area contributed by atoms with Gasteiger partial charge in [-0.05, 0) is 36.6 Å². The Hall–Kier alpha value is -2.44. The lowest BCUT2D eigenvalue weighted by Gasteiger charge is -2.29. The predicted molar refractivity (Wildman–Crippen MR) is 102 cm³/mol. The number of nitrogens with zero attached hydrogens (tertiary/aromatic N) is 2. The van der Waals surface area contributed by atoms with Crippen LogP contribution in [-0.2, 0) is 10.0 Å². The van der Waals surface area contributed by atoms with Crippen LogP contribution in [0.15, 0.2) is 64.4 Å². The summed E-state index contributed by atoms with van der Waals surface area (Å²) in [5, 5.41) is 1.29. The van der Waals surface area contributed by atoms with Crippen molar-refractivity contribution in [3.05, 3.63) is 71.5 Å². The first-order valence-corrected chi connectivity index (χ1v) is 10.2. The molecule has 1 aromatic heterocycles. The molecule has 1 atom stereocenters. The highest BCUT2D eigenvalue weighted by molar-refractivity contribution is 7.92. The zero-order valence-electron chi connectivity index (χ0n) is 14.3. The van der Waals surface area contributed by atoms with Crippen molar-refractivity contribution in [1.82, 2.24) is 9.29 Å². The van der Waals surface area contributed by atoms with E-state index < -0.39 is 10.0 Å². The van der Waals surface area contributed by atoms with E-state index in [1.165, 1.54) is 9.71 Å². The van der Waals surface area contributed by atoms with Crippen LogP contribution in [0.4, 0.5) is 0 Å². The summed E-state index contributed by atoms with van der Waals surface area (Å²) in [6.07, 6.45) is 3.31. The Bertz CT molecular complexity index is 992. The van der Waals surface area contributed by atoms with Gasteiger partial charge in [-0.25, -0.2) is 13.4 Å². The zero-order chi connectivity index (χ0) is 18.0. The van der Waals surface area contributed by atoms with Crippen molar-refractivity contribution in [2.75, 3.05) is 13.1 Å². The average molecular weight is 368 g/mol. The minimum atomic E-state index is -3.47. The molecule has 2 heterocycles. The molecular weight excluding hydrogens is 348 g/mol. The molecule has 134 valence electrons. The third-order valence-electron chi connectivity index (χ3n) is 4.64. The molecule has 0 N–H and O–H groups in total. The molecule has 0 saturated carbocycles. The van der Waals surface area contributed by atoms with Crippen molar-refractivity contribution in [2.24, 2.45) is 0 Å². The van der Waals surface area contributed by atoms with Gasteiger partial charge in [0, 0.05) is 24.4 Å². The largest absolute Gasteiger partial charge is 0.440 e. The minimum absolute atomic E-state index is 0.0175. The van der Waals surface area contributed by atoms with Crippen molar-refractivity contribution in [2.45, 2.75) is 18.8 Å². The van der Waals surface area contributed by atoms with Gasteiger partial charge in [0.05, 0.1) is 0 Å². The Morgan fingerprint density at radius 2 is 1.85 bits per heavy atom. The summed E-state index contributed by atoms with van der Waals surface area (Å²) in [6, 6.07) is 17.0. The molecule has 5 nitrogen and oxygen atoms in total. The molecule has 0 aliphatic carbocycles. The fraction of sp³-hybridized carbons (Fsp3) is 0.250. The van der Waals surface area contributed by atoms with Crippen LogP contribution in [0.3, 0.4) is 0 Å². The van der Waals surface area contributed by atoms with E-state index in [-0.39, 0.29) is 5.92 Å². The van der Waals surface area contributed by atoms with E-state index in [0.29, 0.717) is 19.0 Å². The van der Waals surface area contributed by atoms with Gasteiger partial charge in [0.1, 0.15) is 5.52 Å². The Kier molecular flexibility index (Phi) is 4.61. The molecule has 0 radical (unpaired) electrons. The lowest BCUT2D eigenvalue weighted by Crippen LogP contribution is -2.38. The molecule has 4 rings (SSSR count). The first-order chi connectivity index (χ1) is 12.6. The number of oxazole rings is 1. The highest BCUT2D eigenvalue weighted by atomic mass is 32.2. The van der Waals surface area contributed by atoms with Gasteiger partial charge in [-0.3, -0.25) is 0 Å². The summed E-state index contributed by atoms with van der Waals surface area (Å²) in [6.45, 7) is 0.923. The molecule has 0 spiro atoms. The summed E-state index contributed by atoms with van der Waals surface area (Å²) in [5.74, 6) is 0.606. The second-order valence-electron chi connectivity index (χ2n) is 6.48. The normalized spacial score (nSPS) is 19.3. The lowest BCUT2D eigenvalue weighted by atomic mass is 10.00. The highest BCUT2D eigenvalue weighted by Gasteiger charge is 2.30. The number of hydrogen-bond acceptors (Lipinski definition) is 4. The molecule has 0 bridgehead atoms. The van der Waals surface area contributed by atoms with Gasteiger partial charge in [-0.1, -0.05) is 42.5 Å². The van der Waals surface area contributed by atoms with Gasteiger partial charge < -0.3 is 4.42 Å². The van der Waals surface area contributed by atoms with E-state index in [0.717, 1.165) is 29.5 Å². The van der Waals surface area contributed by atoms with Gasteiger partial charge in [0.25, 0.3) is 0 Å². The fourth-order valence-corrected chi connectivity index (χ4v) is 4.53. The van der Waals surface area contributed by atoms with Crippen molar-refractivity contribution in [3.8, 4) is 0 Å². The van der Waals surface area contributed by atoms with Gasteiger partial charge in [0.2, 0.25) is 10.0 Å². The quantitative estimate of drug-likeness (QED) is 0.698. The number of hydrogen-bond donors (Lipinski definition) is 0. The molecule has 1 aliphatic rings. The molecule has 2 aromatic carbocycles. The molecule has 1 unspecified atom stereocenters. The van der Waals surface area contributed by atoms with Gasteiger partial charge in [-0.2, -0.15) is 4.31 Å². The third kappa shape index (κ3) is 3.57. The first kappa shape index (κ1) is 17.0. The van der Waals surface area contributed by atoms with E-state index >= 15 is 0 Å². The maximum absolute atomic E-state index is 12.7. The molecular formula is C20H20N2O3S. The van der Waals surface area contributed by atoms with Crippen LogP contribution in [0.1, 0.15) is 30.2 Å². The number of piperidine rings is 1. The SMILES string of the molecule is O=S(=O)(/C=C/c1ccccc1)N1CCCC(c2nc3ccccc3o2)C1. The second kappa shape index (κ2) is 7.05. The van der Waals surface area contributed by atoms with Gasteiger partial charge in [0.15, 0.2) is 11.5 Å². The van der Waals surface area contributed by atoms with Crippen LogP contribution in [0.2, 0.25) is 0 Å². The first-order valence-electron chi connectivity index (χ1n) is 8.70. The van der Waals surface area contributed by atoms with E-state index in [1.807, 2.05) is 54.6 Å². The topological polar surface area (TPSA) is 63.4 Å². The zero-order valence-corrected chi connectivity index (χ0v) is 15.1. The van der Waals surface area contributed by atoms with Crippen LogP contribution in [-0.4, -0.2) is 30.8 Å². The highest BCUT2D eigenvalue weighted by Crippen LogP contribution is 2.30. The van der Waals surface area contributed by atoms with Gasteiger partial charge >= 0.3 is 0 Å². The summed E-state index contributed by atoms with van der Waals surface area (Å²) in [7, 11) is -3.47. The fourth-order valence-electron chi connectivity index (χ4n) is 3.25. The Balaban J connectivity index is 1.53. The number of aromatic nitrogens is 1. The lowest BCUT2D eigenvalue weighted by molar-refractivity contribution is 0.291. The summed E-state index contributed by atoms with van der Waals surface area (Å²) in [5.41, 5.74) is 2.42. The number of fused-ring (bicyclic) bond motifs is 1. The summed E-state index contributed by atoms with van der Waals surface area (Å²) >= 11 is 0. The molecule has 1 saturated heterocycles. The molecule has 0 amide bonds. The van der Waals surface area contributed by atoms with Crippen LogP contribution in [0, 0.1) is 0 Å². The molecule has 1 aliphatic heterocycles. The van der Waals surface area contributed by atoms with Crippen LogP contribution in [0.25, 0.3) is 17.2 Å². The summed E-state index contributed by atoms with van der Waals surface area (Å²) < 4.78 is 32.8. The van der Waals surface area contributed by atoms with Crippen LogP contribution < -0.4 is 0 Å². The van der Waals surface area contributed by atoms with Gasteiger partial charge in [-0.15, -0.1) is 0 Å². The molecule has 1 fully saturated rings. The maximum atomic E-state index is 12.7. The Morgan fingerprint density at radius 3 is 2.65 bits per heavy atom. The Labute approximate surface area is 153 Å². The Morgan fingerprint density at radius 1 is 1.08 bits per heavy atom. The second-order valence-corrected chi connectivity index (χ2v) is 8.29. The predicted octanol–water partition coefficient (Wildman–Crippen LogP) is 4.01. The van der Waals surface area contributed by atoms with Crippen molar-refractivity contribution < 1.29 is 12.8 Å². The number of rotatable bonds is 4. The van der Waals surface area contributed by atoms with Crippen molar-refractivity contribution in [3.63, 3.8) is 0 Å². The minimum Gasteiger partial charge on any atom is -0.440 e. The van der Waals surface area contributed by atoms with Crippen molar-refractivity contribution >= 4 is 27.2 Å². The monoisotopic (exact) mass is 368 g/mol. The number of para-hydroxylation sites is 2. The van der Waals surface area contributed by atoms with Crippen LogP contribution >= 0.6 is 0 Å². The van der Waals surface area contributed by atoms with E-state index in [2.05, 4.69) is 4.98 Å². The molecule has 26 heavy (non-hydrogen) atoms. The molecule has 6 heteroatoms. The number of sulfonamides is 1. The smallest absolute Gasteiger partial charge is 0.236 e. The third-order valence-corrected chi connectivity index (χ3v) is 6.17. The van der Waals surface area contributed by atoms with E-state index in [1.54, 1.807) is 6.08 Å². The number of benzene rings is 2. The van der Waals surface area contributed by atoms with Crippen molar-refractivity contribution in [1.29, 1.82) is 0 Å². The maximum Gasteiger partial charge on any atom is 0.236 e. The molecule has 3 aromatic rings. The average Bonchev–Trinajstić information content (AvgIpc) is 3.12. The standard InChI is InChI=1S/C20H20N2O3S/c23-26(24,14-12-16-7-2-1-3-8-16)22-13-6-9-17(15-22)20-21-18-10-4-5-11-19(18)25-20/h1-5,7-8,10-12,14,17H,6,9,13,15H2/b14-12+.